The standard InChI is InChI=1S/C13H18N4OS/c1-10-7-12(15-18-10)9-16-3-5-17(6-4-16)13-14-8-11(2)19-13/h7-8H,3-6,9H2,1-2H3. The monoisotopic (exact) mass is 278 g/mol. The van der Waals surface area contributed by atoms with Crippen molar-refractivity contribution in [2.45, 2.75) is 20.4 Å². The van der Waals surface area contributed by atoms with Gasteiger partial charge in [0.2, 0.25) is 0 Å². The van der Waals surface area contributed by atoms with E-state index in [0.29, 0.717) is 0 Å². The molecule has 0 atom stereocenters. The number of piperazine rings is 1. The minimum absolute atomic E-state index is 0.877. The summed E-state index contributed by atoms with van der Waals surface area (Å²) >= 11 is 1.77. The first-order valence-electron chi connectivity index (χ1n) is 6.52. The molecular weight excluding hydrogens is 260 g/mol. The molecule has 0 amide bonds. The Kier molecular flexibility index (Phi) is 3.52. The van der Waals surface area contributed by atoms with Crippen LogP contribution in [0.3, 0.4) is 0 Å². The summed E-state index contributed by atoms with van der Waals surface area (Å²) in [5.41, 5.74) is 1.02. The zero-order valence-corrected chi connectivity index (χ0v) is 12.1. The van der Waals surface area contributed by atoms with Crippen molar-refractivity contribution in [3.05, 3.63) is 28.6 Å². The maximum Gasteiger partial charge on any atom is 0.185 e. The molecule has 3 rings (SSSR count). The Morgan fingerprint density at radius 3 is 2.63 bits per heavy atom. The molecule has 0 spiro atoms. The summed E-state index contributed by atoms with van der Waals surface area (Å²) in [5.74, 6) is 0.881. The van der Waals surface area contributed by atoms with E-state index in [1.807, 2.05) is 19.2 Å². The van der Waals surface area contributed by atoms with Gasteiger partial charge in [-0.15, -0.1) is 11.3 Å². The van der Waals surface area contributed by atoms with E-state index in [0.717, 1.165) is 49.3 Å². The summed E-state index contributed by atoms with van der Waals surface area (Å²) in [4.78, 5) is 10.5. The van der Waals surface area contributed by atoms with E-state index in [1.165, 1.54) is 4.88 Å². The van der Waals surface area contributed by atoms with Crippen molar-refractivity contribution in [3.63, 3.8) is 0 Å². The van der Waals surface area contributed by atoms with E-state index in [4.69, 9.17) is 4.52 Å². The third-order valence-corrected chi connectivity index (χ3v) is 4.29. The molecule has 0 aromatic carbocycles. The third-order valence-electron chi connectivity index (χ3n) is 3.31. The van der Waals surface area contributed by atoms with E-state index >= 15 is 0 Å². The van der Waals surface area contributed by atoms with E-state index in [-0.39, 0.29) is 0 Å². The fourth-order valence-corrected chi connectivity index (χ4v) is 3.12. The lowest BCUT2D eigenvalue weighted by atomic mass is 10.3. The normalized spacial score (nSPS) is 17.1. The van der Waals surface area contributed by atoms with Gasteiger partial charge in [0.1, 0.15) is 5.76 Å². The number of hydrogen-bond acceptors (Lipinski definition) is 6. The van der Waals surface area contributed by atoms with Gasteiger partial charge >= 0.3 is 0 Å². The predicted octanol–water partition coefficient (Wildman–Crippen LogP) is 2.07. The zero-order valence-electron chi connectivity index (χ0n) is 11.3. The molecule has 19 heavy (non-hydrogen) atoms. The van der Waals surface area contributed by atoms with Crippen molar-refractivity contribution in [2.24, 2.45) is 0 Å². The number of rotatable bonds is 3. The Morgan fingerprint density at radius 2 is 2.05 bits per heavy atom. The smallest absolute Gasteiger partial charge is 0.185 e. The van der Waals surface area contributed by atoms with Crippen LogP contribution in [0, 0.1) is 13.8 Å². The quantitative estimate of drug-likeness (QED) is 0.860. The van der Waals surface area contributed by atoms with Crippen LogP contribution in [0.4, 0.5) is 5.13 Å². The summed E-state index contributed by atoms with van der Waals surface area (Å²) in [6.45, 7) is 9.06. The number of thiazole rings is 1. The van der Waals surface area contributed by atoms with Gasteiger partial charge in [-0.3, -0.25) is 4.90 Å². The van der Waals surface area contributed by atoms with Gasteiger partial charge in [-0.25, -0.2) is 4.98 Å². The molecule has 1 aliphatic heterocycles. The number of aryl methyl sites for hydroxylation is 2. The molecule has 2 aromatic rings. The Bertz CT molecular complexity index is 542. The van der Waals surface area contributed by atoms with Crippen molar-refractivity contribution >= 4 is 16.5 Å². The number of aromatic nitrogens is 2. The van der Waals surface area contributed by atoms with Gasteiger partial charge in [0, 0.05) is 49.9 Å². The highest BCUT2D eigenvalue weighted by Crippen LogP contribution is 2.23. The highest BCUT2D eigenvalue weighted by Gasteiger charge is 2.19. The first-order valence-corrected chi connectivity index (χ1v) is 7.34. The van der Waals surface area contributed by atoms with Crippen LogP contribution in [0.15, 0.2) is 16.8 Å². The molecule has 6 heteroatoms. The van der Waals surface area contributed by atoms with Gasteiger partial charge in [0.05, 0.1) is 5.69 Å². The molecule has 0 radical (unpaired) electrons. The molecule has 0 aliphatic carbocycles. The Morgan fingerprint density at radius 1 is 1.26 bits per heavy atom. The van der Waals surface area contributed by atoms with Crippen molar-refractivity contribution in [2.75, 3.05) is 31.1 Å². The topological polar surface area (TPSA) is 45.4 Å². The van der Waals surface area contributed by atoms with Crippen molar-refractivity contribution in [3.8, 4) is 0 Å². The molecular formula is C13H18N4OS. The predicted molar refractivity (Wildman–Crippen MR) is 75.6 cm³/mol. The maximum absolute atomic E-state index is 5.10. The molecule has 1 fully saturated rings. The molecule has 5 nitrogen and oxygen atoms in total. The average Bonchev–Trinajstić information content (AvgIpc) is 3.00. The summed E-state index contributed by atoms with van der Waals surface area (Å²) in [6.07, 6.45) is 1.95. The molecule has 0 saturated carbocycles. The Balaban J connectivity index is 1.54. The average molecular weight is 278 g/mol. The number of hydrogen-bond donors (Lipinski definition) is 0. The molecule has 1 saturated heterocycles. The summed E-state index contributed by atoms with van der Waals surface area (Å²) < 4.78 is 5.10. The van der Waals surface area contributed by atoms with E-state index in [1.54, 1.807) is 11.3 Å². The van der Waals surface area contributed by atoms with E-state index < -0.39 is 0 Å². The second-order valence-corrected chi connectivity index (χ2v) is 6.16. The van der Waals surface area contributed by atoms with Gasteiger partial charge in [0.25, 0.3) is 0 Å². The fraction of sp³-hybridized carbons (Fsp3) is 0.538. The largest absolute Gasteiger partial charge is 0.361 e. The lowest BCUT2D eigenvalue weighted by molar-refractivity contribution is 0.241. The van der Waals surface area contributed by atoms with Crippen LogP contribution < -0.4 is 4.90 Å². The van der Waals surface area contributed by atoms with Gasteiger partial charge in [-0.1, -0.05) is 5.16 Å². The van der Waals surface area contributed by atoms with Crippen LogP contribution in [-0.2, 0) is 6.54 Å². The molecule has 2 aromatic heterocycles. The first-order chi connectivity index (χ1) is 9.20. The van der Waals surface area contributed by atoms with Crippen LogP contribution in [-0.4, -0.2) is 41.2 Å². The second-order valence-electron chi connectivity index (χ2n) is 4.95. The Hall–Kier alpha value is -1.40. The minimum atomic E-state index is 0.877. The van der Waals surface area contributed by atoms with E-state index in [9.17, 15) is 0 Å². The van der Waals surface area contributed by atoms with Crippen molar-refractivity contribution in [1.29, 1.82) is 0 Å². The van der Waals surface area contributed by atoms with Crippen LogP contribution >= 0.6 is 11.3 Å². The van der Waals surface area contributed by atoms with Crippen molar-refractivity contribution < 1.29 is 4.52 Å². The fourth-order valence-electron chi connectivity index (χ4n) is 2.31. The summed E-state index contributed by atoms with van der Waals surface area (Å²) in [7, 11) is 0. The molecule has 3 heterocycles. The minimum Gasteiger partial charge on any atom is -0.361 e. The molecule has 102 valence electrons. The lowest BCUT2D eigenvalue weighted by Crippen LogP contribution is -2.45. The third kappa shape index (κ3) is 2.96. The van der Waals surface area contributed by atoms with Crippen LogP contribution in [0.25, 0.3) is 0 Å². The van der Waals surface area contributed by atoms with Crippen molar-refractivity contribution in [1.82, 2.24) is 15.0 Å². The number of anilines is 1. The van der Waals surface area contributed by atoms with Crippen LogP contribution in [0.1, 0.15) is 16.3 Å². The second kappa shape index (κ2) is 5.30. The number of nitrogens with zero attached hydrogens (tertiary/aromatic N) is 4. The lowest BCUT2D eigenvalue weighted by Gasteiger charge is -2.34. The summed E-state index contributed by atoms with van der Waals surface area (Å²) in [6, 6.07) is 2.01. The van der Waals surface area contributed by atoms with Crippen LogP contribution in [0.5, 0.6) is 0 Å². The SMILES string of the molecule is Cc1cc(CN2CCN(c3ncc(C)s3)CC2)no1. The van der Waals surface area contributed by atoms with Gasteiger partial charge in [-0.2, -0.15) is 0 Å². The van der Waals surface area contributed by atoms with Gasteiger partial charge in [-0.05, 0) is 13.8 Å². The Labute approximate surface area is 116 Å². The molecule has 0 bridgehead atoms. The van der Waals surface area contributed by atoms with Gasteiger partial charge in [0.15, 0.2) is 5.13 Å². The molecule has 0 unspecified atom stereocenters. The zero-order chi connectivity index (χ0) is 13.2. The van der Waals surface area contributed by atoms with E-state index in [2.05, 4.69) is 26.9 Å². The molecule has 1 aliphatic rings. The molecule has 0 N–H and O–H groups in total. The highest BCUT2D eigenvalue weighted by atomic mass is 32.1. The van der Waals surface area contributed by atoms with Gasteiger partial charge < -0.3 is 9.42 Å². The first kappa shape index (κ1) is 12.6. The maximum atomic E-state index is 5.10. The highest BCUT2D eigenvalue weighted by molar-refractivity contribution is 7.15. The van der Waals surface area contributed by atoms with Crippen LogP contribution in [0.2, 0.25) is 0 Å². The summed E-state index contributed by atoms with van der Waals surface area (Å²) in [5, 5.41) is 5.20.